The van der Waals surface area contributed by atoms with Crippen LogP contribution in [0.2, 0.25) is 0 Å². The first-order chi connectivity index (χ1) is 4.88. The summed E-state index contributed by atoms with van der Waals surface area (Å²) in [6.45, 7) is 1.41. The molecule has 1 aliphatic rings. The molecule has 0 unspecified atom stereocenters. The number of hydrogen-bond donors (Lipinski definition) is 0. The first-order valence-electron chi connectivity index (χ1n) is 3.47. The molecule has 4 nitrogen and oxygen atoms in total. The zero-order valence-electron chi connectivity index (χ0n) is 6.12. The smallest absolute Gasteiger partial charge is 0.0736 e. The van der Waals surface area contributed by atoms with Gasteiger partial charge in [0.1, 0.15) is 0 Å². The average molecular weight is 144 g/mol. The van der Waals surface area contributed by atoms with E-state index in [9.17, 15) is 4.91 Å². The van der Waals surface area contributed by atoms with Crippen LogP contribution in [0.15, 0.2) is 5.29 Å². The fourth-order valence-corrected chi connectivity index (χ4v) is 1.29. The summed E-state index contributed by atoms with van der Waals surface area (Å²) in [6.07, 6.45) is 2.08. The lowest BCUT2D eigenvalue weighted by atomic mass is 10.2. The molecule has 0 bridgehead atoms. The highest BCUT2D eigenvalue weighted by molar-refractivity contribution is 4.75. The summed E-state index contributed by atoms with van der Waals surface area (Å²) >= 11 is 0. The molecule has 58 valence electrons. The molecule has 0 radical (unpaired) electrons. The summed E-state index contributed by atoms with van der Waals surface area (Å²) in [7, 11) is 1.64. The van der Waals surface area contributed by atoms with Crippen molar-refractivity contribution in [2.24, 2.45) is 5.29 Å². The third kappa shape index (κ3) is 1.44. The van der Waals surface area contributed by atoms with Crippen molar-refractivity contribution < 1.29 is 4.74 Å². The van der Waals surface area contributed by atoms with Gasteiger partial charge in [0.05, 0.1) is 17.9 Å². The van der Waals surface area contributed by atoms with Crippen LogP contribution in [-0.2, 0) is 4.74 Å². The highest BCUT2D eigenvalue weighted by Gasteiger charge is 2.23. The van der Waals surface area contributed by atoms with Gasteiger partial charge in [0, 0.05) is 13.7 Å². The minimum atomic E-state index is 0.225. The number of methoxy groups -OCH3 is 1. The van der Waals surface area contributed by atoms with Crippen LogP contribution in [0, 0.1) is 4.91 Å². The van der Waals surface area contributed by atoms with Crippen molar-refractivity contribution in [2.45, 2.75) is 18.9 Å². The van der Waals surface area contributed by atoms with Crippen LogP contribution >= 0.6 is 0 Å². The second-order valence-electron chi connectivity index (χ2n) is 2.50. The molecule has 1 aliphatic heterocycles. The van der Waals surface area contributed by atoms with Crippen LogP contribution < -0.4 is 0 Å². The molecule has 1 fully saturated rings. The van der Waals surface area contributed by atoms with Crippen molar-refractivity contribution in [1.29, 1.82) is 0 Å². The first kappa shape index (κ1) is 7.47. The van der Waals surface area contributed by atoms with Gasteiger partial charge >= 0.3 is 0 Å². The van der Waals surface area contributed by atoms with E-state index < -0.39 is 0 Å². The predicted octanol–water partition coefficient (Wildman–Crippen LogP) is 0.779. The van der Waals surface area contributed by atoms with Crippen LogP contribution in [-0.4, -0.2) is 31.3 Å². The Morgan fingerprint density at radius 1 is 1.80 bits per heavy atom. The Hall–Kier alpha value is -0.640. The van der Waals surface area contributed by atoms with Crippen molar-refractivity contribution in [3.63, 3.8) is 0 Å². The molecule has 0 aromatic carbocycles. The van der Waals surface area contributed by atoms with Gasteiger partial charge in [0.25, 0.3) is 0 Å². The van der Waals surface area contributed by atoms with E-state index in [2.05, 4.69) is 5.29 Å². The van der Waals surface area contributed by atoms with Crippen LogP contribution in [0.1, 0.15) is 12.8 Å². The molecule has 0 spiro atoms. The number of nitroso groups, excluding NO2 is 1. The lowest BCUT2D eigenvalue weighted by Crippen LogP contribution is -2.27. The van der Waals surface area contributed by atoms with Gasteiger partial charge in [-0.25, -0.2) is 0 Å². The number of hydrogen-bond acceptors (Lipinski definition) is 3. The van der Waals surface area contributed by atoms with Crippen molar-refractivity contribution in [3.8, 4) is 0 Å². The SMILES string of the molecule is COC[C@H]1CCCN1N=O. The second kappa shape index (κ2) is 3.51. The molecule has 0 aromatic heterocycles. The maximum Gasteiger partial charge on any atom is 0.0736 e. The molecular weight excluding hydrogens is 132 g/mol. The molecule has 1 saturated heterocycles. The molecule has 0 saturated carbocycles. The van der Waals surface area contributed by atoms with E-state index in [1.807, 2.05) is 0 Å². The van der Waals surface area contributed by atoms with Gasteiger partial charge in [-0.05, 0) is 12.8 Å². The number of nitrogens with zero attached hydrogens (tertiary/aromatic N) is 2. The Morgan fingerprint density at radius 3 is 3.20 bits per heavy atom. The lowest BCUT2D eigenvalue weighted by Gasteiger charge is -2.15. The number of ether oxygens (including phenoxy) is 1. The first-order valence-corrected chi connectivity index (χ1v) is 3.47. The largest absolute Gasteiger partial charge is 0.382 e. The maximum absolute atomic E-state index is 10.1. The van der Waals surface area contributed by atoms with Crippen molar-refractivity contribution in [2.75, 3.05) is 20.3 Å². The van der Waals surface area contributed by atoms with Crippen molar-refractivity contribution >= 4 is 0 Å². The highest BCUT2D eigenvalue weighted by atomic mass is 16.5. The van der Waals surface area contributed by atoms with Gasteiger partial charge in [-0.15, -0.1) is 4.91 Å². The van der Waals surface area contributed by atoms with Crippen molar-refractivity contribution in [1.82, 2.24) is 5.01 Å². The summed E-state index contributed by atoms with van der Waals surface area (Å²) < 4.78 is 4.92. The summed E-state index contributed by atoms with van der Waals surface area (Å²) in [5, 5.41) is 4.45. The Kier molecular flexibility index (Phi) is 2.62. The molecule has 1 atom stereocenters. The van der Waals surface area contributed by atoms with E-state index in [0.717, 1.165) is 19.4 Å². The third-order valence-electron chi connectivity index (χ3n) is 1.81. The van der Waals surface area contributed by atoms with Crippen molar-refractivity contribution in [3.05, 3.63) is 4.91 Å². The minimum absolute atomic E-state index is 0.225. The molecule has 1 rings (SSSR count). The van der Waals surface area contributed by atoms with Crippen LogP contribution in [0.25, 0.3) is 0 Å². The van der Waals surface area contributed by atoms with Gasteiger partial charge in [-0.1, -0.05) is 0 Å². The van der Waals surface area contributed by atoms with E-state index in [1.165, 1.54) is 0 Å². The fraction of sp³-hybridized carbons (Fsp3) is 1.00. The predicted molar refractivity (Wildman–Crippen MR) is 37.4 cm³/mol. The van der Waals surface area contributed by atoms with Crippen LogP contribution in [0.5, 0.6) is 0 Å². The zero-order chi connectivity index (χ0) is 7.40. The fourth-order valence-electron chi connectivity index (χ4n) is 1.29. The van der Waals surface area contributed by atoms with E-state index in [1.54, 1.807) is 12.1 Å². The monoisotopic (exact) mass is 144 g/mol. The van der Waals surface area contributed by atoms with E-state index in [4.69, 9.17) is 4.74 Å². The molecule has 0 aliphatic carbocycles. The summed E-state index contributed by atoms with van der Waals surface area (Å²) in [6, 6.07) is 0.225. The second-order valence-corrected chi connectivity index (χ2v) is 2.50. The standard InChI is InChI=1S/C6H12N2O2/c1-10-5-6-3-2-4-8(6)7-9/h6H,2-5H2,1H3/t6-/m1/s1. The Labute approximate surface area is 60.1 Å². The quantitative estimate of drug-likeness (QED) is 0.549. The molecule has 0 N–H and O–H groups in total. The molecule has 10 heavy (non-hydrogen) atoms. The van der Waals surface area contributed by atoms with Gasteiger partial charge in [0.15, 0.2) is 0 Å². The number of rotatable bonds is 3. The third-order valence-corrected chi connectivity index (χ3v) is 1.81. The van der Waals surface area contributed by atoms with Gasteiger partial charge < -0.3 is 4.74 Å². The summed E-state index contributed by atoms with van der Waals surface area (Å²) in [5.74, 6) is 0. The van der Waals surface area contributed by atoms with Gasteiger partial charge in [-0.2, -0.15) is 0 Å². The van der Waals surface area contributed by atoms with Gasteiger partial charge in [-0.3, -0.25) is 5.01 Å². The molecule has 4 heteroatoms. The molecule has 1 heterocycles. The Bertz CT molecular complexity index is 118. The topological polar surface area (TPSA) is 41.9 Å². The minimum Gasteiger partial charge on any atom is -0.382 e. The Morgan fingerprint density at radius 2 is 2.60 bits per heavy atom. The normalized spacial score (nSPS) is 25.3. The summed E-state index contributed by atoms with van der Waals surface area (Å²) in [5.41, 5.74) is 0. The van der Waals surface area contributed by atoms with Crippen LogP contribution in [0.4, 0.5) is 0 Å². The maximum atomic E-state index is 10.1. The van der Waals surface area contributed by atoms with Gasteiger partial charge in [0.2, 0.25) is 0 Å². The molecular formula is C6H12N2O2. The van der Waals surface area contributed by atoms with E-state index in [-0.39, 0.29) is 6.04 Å². The van der Waals surface area contributed by atoms with Crippen LogP contribution in [0.3, 0.4) is 0 Å². The highest BCUT2D eigenvalue weighted by Crippen LogP contribution is 2.16. The summed E-state index contributed by atoms with van der Waals surface area (Å²) in [4.78, 5) is 10.1. The van der Waals surface area contributed by atoms with E-state index >= 15 is 0 Å². The Balaban J connectivity index is 2.34. The van der Waals surface area contributed by atoms with E-state index in [0.29, 0.717) is 6.61 Å². The molecule has 0 amide bonds. The molecule has 0 aromatic rings. The lowest BCUT2D eigenvalue weighted by molar-refractivity contribution is 0.117. The zero-order valence-corrected chi connectivity index (χ0v) is 6.12. The average Bonchev–Trinajstić information content (AvgIpc) is 2.36.